The van der Waals surface area contributed by atoms with Crippen LogP contribution in [0.25, 0.3) is 0 Å². The van der Waals surface area contributed by atoms with Gasteiger partial charge in [0.2, 0.25) is 0 Å². The van der Waals surface area contributed by atoms with Crippen molar-refractivity contribution in [2.45, 2.75) is 161 Å². The number of carbonyl (C=O) groups is 2. The molecule has 0 saturated heterocycles. The van der Waals surface area contributed by atoms with Gasteiger partial charge >= 0.3 is 12.2 Å². The van der Waals surface area contributed by atoms with E-state index in [1.54, 1.807) is 0 Å². The first-order valence-corrected chi connectivity index (χ1v) is 16.0. The molecule has 37 heavy (non-hydrogen) atoms. The fraction of sp³-hybridized carbons (Fsp3) is 0.935. The summed E-state index contributed by atoms with van der Waals surface area (Å²) in [6.45, 7) is 5.54. The largest absolute Gasteiger partial charge is 0.450 e. The van der Waals surface area contributed by atoms with Gasteiger partial charge in [-0.1, -0.05) is 78.1 Å². The van der Waals surface area contributed by atoms with E-state index >= 15 is 0 Å². The smallest absolute Gasteiger partial charge is 0.407 e. The molecule has 2 N–H and O–H groups in total. The van der Waals surface area contributed by atoms with E-state index in [4.69, 9.17) is 9.47 Å². The Balaban J connectivity index is 1.46. The number of rotatable bonds is 18. The molecule has 6 nitrogen and oxygen atoms in total. The molecule has 2 saturated carbocycles. The SMILES string of the molecule is CCCCCCCCOC(=O)NC1CCC(CC2CCC(NC(=O)OCCCCCCCC)CC2)CC1. The summed E-state index contributed by atoms with van der Waals surface area (Å²) in [5, 5.41) is 6.19. The van der Waals surface area contributed by atoms with Gasteiger partial charge in [-0.15, -0.1) is 0 Å². The molecule has 0 radical (unpaired) electrons. The van der Waals surface area contributed by atoms with Gasteiger partial charge in [-0.05, 0) is 82.5 Å². The Labute approximate surface area is 227 Å². The van der Waals surface area contributed by atoms with E-state index in [-0.39, 0.29) is 24.3 Å². The monoisotopic (exact) mass is 522 g/mol. The van der Waals surface area contributed by atoms with Crippen molar-refractivity contribution in [2.24, 2.45) is 11.8 Å². The predicted octanol–water partition coefficient (Wildman–Crippen LogP) is 8.67. The first-order valence-electron chi connectivity index (χ1n) is 16.0. The van der Waals surface area contributed by atoms with Gasteiger partial charge in [0.1, 0.15) is 0 Å². The minimum absolute atomic E-state index is 0.228. The number of unbranched alkanes of at least 4 members (excludes halogenated alkanes) is 10. The Morgan fingerprint density at radius 3 is 1.27 bits per heavy atom. The van der Waals surface area contributed by atoms with Crippen molar-refractivity contribution in [3.05, 3.63) is 0 Å². The lowest BCUT2D eigenvalue weighted by Gasteiger charge is -2.34. The first kappa shape index (κ1) is 31.8. The van der Waals surface area contributed by atoms with Crippen LogP contribution in [0.3, 0.4) is 0 Å². The topological polar surface area (TPSA) is 76.7 Å². The predicted molar refractivity (Wildman–Crippen MR) is 152 cm³/mol. The lowest BCUT2D eigenvalue weighted by atomic mass is 9.76. The molecular weight excluding hydrogens is 464 g/mol. The van der Waals surface area contributed by atoms with Gasteiger partial charge < -0.3 is 20.1 Å². The van der Waals surface area contributed by atoms with E-state index in [9.17, 15) is 9.59 Å². The molecule has 0 heterocycles. The molecular formula is C31H58N2O4. The Morgan fingerprint density at radius 1 is 0.541 bits per heavy atom. The molecule has 0 unspecified atom stereocenters. The molecule has 216 valence electrons. The Kier molecular flexibility index (Phi) is 17.6. The number of nitrogens with one attached hydrogen (secondary N) is 2. The van der Waals surface area contributed by atoms with Gasteiger partial charge in [0.15, 0.2) is 0 Å². The number of amides is 2. The average Bonchev–Trinajstić information content (AvgIpc) is 2.90. The number of alkyl carbamates (subject to hydrolysis) is 2. The summed E-state index contributed by atoms with van der Waals surface area (Å²) in [6, 6.07) is 0.547. The van der Waals surface area contributed by atoms with Crippen molar-refractivity contribution in [2.75, 3.05) is 13.2 Å². The molecule has 2 aliphatic carbocycles. The van der Waals surface area contributed by atoms with Crippen LogP contribution in [-0.4, -0.2) is 37.5 Å². The van der Waals surface area contributed by atoms with Crippen molar-refractivity contribution in [3.63, 3.8) is 0 Å². The van der Waals surface area contributed by atoms with E-state index in [2.05, 4.69) is 24.5 Å². The number of ether oxygens (including phenoxy) is 2. The molecule has 0 aromatic heterocycles. The van der Waals surface area contributed by atoms with Gasteiger partial charge in [-0.3, -0.25) is 0 Å². The molecule has 0 bridgehead atoms. The fourth-order valence-corrected chi connectivity index (χ4v) is 6.07. The Bertz CT molecular complexity index is 534. The van der Waals surface area contributed by atoms with Gasteiger partial charge in [0.05, 0.1) is 13.2 Å². The van der Waals surface area contributed by atoms with E-state index in [0.717, 1.165) is 63.2 Å². The summed E-state index contributed by atoms with van der Waals surface area (Å²) >= 11 is 0. The average molecular weight is 523 g/mol. The van der Waals surface area contributed by atoms with Crippen LogP contribution in [0.5, 0.6) is 0 Å². The molecule has 2 amide bonds. The molecule has 2 aliphatic rings. The summed E-state index contributed by atoms with van der Waals surface area (Å²) in [7, 11) is 0. The zero-order valence-electron chi connectivity index (χ0n) is 24.2. The highest BCUT2D eigenvalue weighted by Crippen LogP contribution is 2.35. The van der Waals surface area contributed by atoms with Crippen molar-refractivity contribution in [3.8, 4) is 0 Å². The molecule has 6 heteroatoms. The number of hydrogen-bond acceptors (Lipinski definition) is 4. The first-order chi connectivity index (χ1) is 18.1. The van der Waals surface area contributed by atoms with E-state index in [1.165, 1.54) is 83.5 Å². The molecule has 0 aromatic carbocycles. The van der Waals surface area contributed by atoms with Crippen molar-refractivity contribution < 1.29 is 19.1 Å². The molecule has 0 aromatic rings. The maximum absolute atomic E-state index is 12.1. The van der Waals surface area contributed by atoms with E-state index in [1.807, 2.05) is 0 Å². The zero-order valence-corrected chi connectivity index (χ0v) is 24.2. The molecule has 2 rings (SSSR count). The highest BCUT2D eigenvalue weighted by atomic mass is 16.6. The maximum atomic E-state index is 12.1. The molecule has 2 fully saturated rings. The van der Waals surface area contributed by atoms with Crippen molar-refractivity contribution >= 4 is 12.2 Å². The van der Waals surface area contributed by atoms with Crippen LogP contribution in [0, 0.1) is 11.8 Å². The van der Waals surface area contributed by atoms with Crippen LogP contribution in [0.1, 0.15) is 149 Å². The quantitative estimate of drug-likeness (QED) is 0.177. The summed E-state index contributed by atoms with van der Waals surface area (Å²) in [5.74, 6) is 1.54. The Morgan fingerprint density at radius 2 is 0.892 bits per heavy atom. The van der Waals surface area contributed by atoms with Crippen LogP contribution in [0.4, 0.5) is 9.59 Å². The number of carbonyl (C=O) groups excluding carboxylic acids is 2. The van der Waals surface area contributed by atoms with E-state index < -0.39 is 0 Å². The van der Waals surface area contributed by atoms with Crippen LogP contribution >= 0.6 is 0 Å². The van der Waals surface area contributed by atoms with Crippen molar-refractivity contribution in [1.82, 2.24) is 10.6 Å². The number of hydrogen-bond donors (Lipinski definition) is 2. The second-order valence-corrected chi connectivity index (χ2v) is 11.8. The summed E-state index contributed by atoms with van der Waals surface area (Å²) in [6.07, 6.45) is 24.4. The minimum atomic E-state index is -0.228. The van der Waals surface area contributed by atoms with Gasteiger partial charge in [0.25, 0.3) is 0 Å². The van der Waals surface area contributed by atoms with Crippen LogP contribution < -0.4 is 10.6 Å². The normalized spacial score (nSPS) is 23.8. The lowest BCUT2D eigenvalue weighted by molar-refractivity contribution is 0.131. The van der Waals surface area contributed by atoms with E-state index in [0.29, 0.717) is 13.2 Å². The van der Waals surface area contributed by atoms with Gasteiger partial charge in [0, 0.05) is 12.1 Å². The second-order valence-electron chi connectivity index (χ2n) is 11.8. The second kappa shape index (κ2) is 20.5. The van der Waals surface area contributed by atoms with Crippen LogP contribution in [-0.2, 0) is 9.47 Å². The highest BCUT2D eigenvalue weighted by molar-refractivity contribution is 5.67. The van der Waals surface area contributed by atoms with Crippen LogP contribution in [0.15, 0.2) is 0 Å². The standard InChI is InChI=1S/C31H58N2O4/c1-3-5-7-9-11-13-23-36-30(34)32-28-19-15-26(16-20-28)25-27-17-21-29(22-18-27)33-31(35)37-24-14-12-10-8-6-4-2/h26-29H,3-25H2,1-2H3,(H,32,34)(H,33,35). The molecule has 0 atom stereocenters. The van der Waals surface area contributed by atoms with Gasteiger partial charge in [-0.25, -0.2) is 9.59 Å². The van der Waals surface area contributed by atoms with Crippen LogP contribution in [0.2, 0.25) is 0 Å². The third-order valence-corrected chi connectivity index (χ3v) is 8.47. The minimum Gasteiger partial charge on any atom is -0.450 e. The summed E-state index contributed by atoms with van der Waals surface area (Å²) in [5.41, 5.74) is 0. The van der Waals surface area contributed by atoms with Gasteiger partial charge in [-0.2, -0.15) is 0 Å². The molecule has 0 aliphatic heterocycles. The Hall–Kier alpha value is -1.46. The maximum Gasteiger partial charge on any atom is 0.407 e. The zero-order chi connectivity index (χ0) is 26.6. The third kappa shape index (κ3) is 15.5. The highest BCUT2D eigenvalue weighted by Gasteiger charge is 2.28. The third-order valence-electron chi connectivity index (χ3n) is 8.47. The fourth-order valence-electron chi connectivity index (χ4n) is 6.07. The lowest BCUT2D eigenvalue weighted by Crippen LogP contribution is -2.39. The summed E-state index contributed by atoms with van der Waals surface area (Å²) < 4.78 is 10.8. The van der Waals surface area contributed by atoms with Crippen molar-refractivity contribution in [1.29, 1.82) is 0 Å². The molecule has 0 spiro atoms. The summed E-state index contributed by atoms with van der Waals surface area (Å²) in [4.78, 5) is 24.2.